The molecular weight excluding hydrogens is 520 g/mol. The average molecular weight is 549 g/mol. The molecule has 1 aliphatic rings. The molecule has 1 unspecified atom stereocenters. The van der Waals surface area contributed by atoms with Crippen molar-refractivity contribution >= 4 is 39.3 Å². The van der Waals surface area contributed by atoms with Crippen LogP contribution >= 0.6 is 11.3 Å². The van der Waals surface area contributed by atoms with Gasteiger partial charge in [0.2, 0.25) is 5.76 Å². The van der Waals surface area contributed by atoms with E-state index in [1.807, 2.05) is 13.8 Å². The lowest BCUT2D eigenvalue weighted by atomic mass is 9.98. The number of rotatable bonds is 9. The highest BCUT2D eigenvalue weighted by molar-refractivity contribution is 7.17. The molecule has 0 bridgehead atoms. The quantitative estimate of drug-likeness (QED) is 0.246. The first-order chi connectivity index (χ1) is 18.9. The molecule has 2 aromatic carbocycles. The van der Waals surface area contributed by atoms with E-state index in [0.29, 0.717) is 46.9 Å². The van der Waals surface area contributed by atoms with E-state index in [1.165, 1.54) is 4.90 Å². The number of ether oxygens (including phenoxy) is 3. The molecule has 10 heteroatoms. The third-order valence-electron chi connectivity index (χ3n) is 6.27. The van der Waals surface area contributed by atoms with Crippen LogP contribution < -0.4 is 19.8 Å². The summed E-state index contributed by atoms with van der Waals surface area (Å²) in [7, 11) is 0. The van der Waals surface area contributed by atoms with Crippen LogP contribution in [0.25, 0.3) is 11.0 Å². The van der Waals surface area contributed by atoms with Crippen LogP contribution in [0.3, 0.4) is 0 Å². The Labute approximate surface area is 228 Å². The zero-order chi connectivity index (χ0) is 27.7. The Bertz CT molecular complexity index is 1620. The number of benzene rings is 2. The van der Waals surface area contributed by atoms with Gasteiger partial charge in [0, 0.05) is 0 Å². The van der Waals surface area contributed by atoms with E-state index in [0.717, 1.165) is 17.8 Å². The largest absolute Gasteiger partial charge is 0.490 e. The average Bonchev–Trinajstić information content (AvgIpc) is 3.45. The van der Waals surface area contributed by atoms with Gasteiger partial charge in [-0.1, -0.05) is 36.5 Å². The molecule has 0 saturated heterocycles. The standard InChI is InChI=1S/C29H28N2O7S/c1-5-14-37-20-13-12-17(15-21(20)35-6-2)23-22-24(32)18-10-8-9-11-19(18)38-25(22)27(33)31(23)29-30-16(4)26(39-29)28(34)36-7-3/h8-13,15,23H,5-7,14H2,1-4H3. The van der Waals surface area contributed by atoms with Crippen LogP contribution in [0, 0.1) is 6.92 Å². The second kappa shape index (κ2) is 10.9. The zero-order valence-corrected chi connectivity index (χ0v) is 22.9. The molecule has 1 amide bonds. The first kappa shape index (κ1) is 26.4. The zero-order valence-electron chi connectivity index (χ0n) is 22.1. The molecule has 39 heavy (non-hydrogen) atoms. The highest BCUT2D eigenvalue weighted by atomic mass is 32.1. The predicted molar refractivity (Wildman–Crippen MR) is 147 cm³/mol. The number of hydrogen-bond donors (Lipinski definition) is 0. The van der Waals surface area contributed by atoms with Crippen molar-refractivity contribution in [1.82, 2.24) is 4.98 Å². The van der Waals surface area contributed by atoms with E-state index in [2.05, 4.69) is 4.98 Å². The molecule has 0 fully saturated rings. The smallest absolute Gasteiger partial charge is 0.350 e. The monoisotopic (exact) mass is 548 g/mol. The molecule has 202 valence electrons. The predicted octanol–water partition coefficient (Wildman–Crippen LogP) is 5.67. The fourth-order valence-corrected chi connectivity index (χ4v) is 5.59. The first-order valence-corrected chi connectivity index (χ1v) is 13.6. The summed E-state index contributed by atoms with van der Waals surface area (Å²) in [6.07, 6.45) is 0.825. The minimum atomic E-state index is -0.867. The van der Waals surface area contributed by atoms with Crippen molar-refractivity contribution in [2.24, 2.45) is 0 Å². The summed E-state index contributed by atoms with van der Waals surface area (Å²) >= 11 is 1.04. The van der Waals surface area contributed by atoms with E-state index >= 15 is 0 Å². The first-order valence-electron chi connectivity index (χ1n) is 12.8. The Morgan fingerprint density at radius 3 is 2.59 bits per heavy atom. The van der Waals surface area contributed by atoms with E-state index in [9.17, 15) is 14.4 Å². The number of carbonyl (C=O) groups excluding carboxylic acids is 2. The lowest BCUT2D eigenvalue weighted by Gasteiger charge is -2.23. The van der Waals surface area contributed by atoms with Gasteiger partial charge in [-0.05, 0) is 57.0 Å². The van der Waals surface area contributed by atoms with Crippen LogP contribution in [-0.4, -0.2) is 36.7 Å². The lowest BCUT2D eigenvalue weighted by Crippen LogP contribution is -2.29. The van der Waals surface area contributed by atoms with Crippen molar-refractivity contribution in [2.75, 3.05) is 24.7 Å². The lowest BCUT2D eigenvalue weighted by molar-refractivity contribution is 0.0531. The van der Waals surface area contributed by atoms with Crippen molar-refractivity contribution < 1.29 is 28.2 Å². The SMILES string of the molecule is CCCOc1ccc(C2c3c(oc4ccccc4c3=O)C(=O)N2c2nc(C)c(C(=O)OCC)s2)cc1OCC. The molecule has 0 aliphatic carbocycles. The number of hydrogen-bond acceptors (Lipinski definition) is 9. The maximum Gasteiger partial charge on any atom is 0.350 e. The van der Waals surface area contributed by atoms with Gasteiger partial charge < -0.3 is 18.6 Å². The Kier molecular flexibility index (Phi) is 7.38. The minimum Gasteiger partial charge on any atom is -0.490 e. The fraction of sp³-hybridized carbons (Fsp3) is 0.310. The van der Waals surface area contributed by atoms with Gasteiger partial charge in [0.25, 0.3) is 5.91 Å². The van der Waals surface area contributed by atoms with Crippen LogP contribution in [0.5, 0.6) is 11.5 Å². The molecule has 0 saturated carbocycles. The van der Waals surface area contributed by atoms with Gasteiger partial charge in [-0.15, -0.1) is 0 Å². The Hall–Kier alpha value is -4.18. The van der Waals surface area contributed by atoms with Crippen LogP contribution in [0.15, 0.2) is 51.7 Å². The molecule has 3 heterocycles. The minimum absolute atomic E-state index is 0.0569. The number of amides is 1. The summed E-state index contributed by atoms with van der Waals surface area (Å²) in [6, 6.07) is 11.3. The molecule has 4 aromatic rings. The number of aromatic nitrogens is 1. The van der Waals surface area contributed by atoms with Crippen molar-refractivity contribution in [3.05, 3.63) is 80.1 Å². The Morgan fingerprint density at radius 1 is 1.05 bits per heavy atom. The van der Waals surface area contributed by atoms with Gasteiger partial charge in [0.1, 0.15) is 10.5 Å². The van der Waals surface area contributed by atoms with Crippen molar-refractivity contribution in [2.45, 2.75) is 40.2 Å². The van der Waals surface area contributed by atoms with Gasteiger partial charge in [0.15, 0.2) is 22.1 Å². The van der Waals surface area contributed by atoms with Gasteiger partial charge in [-0.2, -0.15) is 0 Å². The number of aryl methyl sites for hydroxylation is 1. The summed E-state index contributed by atoms with van der Waals surface area (Å²) in [4.78, 5) is 46.5. The molecule has 0 spiro atoms. The molecule has 9 nitrogen and oxygen atoms in total. The van der Waals surface area contributed by atoms with Gasteiger partial charge in [-0.3, -0.25) is 14.5 Å². The summed E-state index contributed by atoms with van der Waals surface area (Å²) < 4.78 is 22.9. The maximum absolute atomic E-state index is 13.9. The summed E-state index contributed by atoms with van der Waals surface area (Å²) in [6.45, 7) is 8.40. The topological polar surface area (TPSA) is 108 Å². The molecule has 1 aliphatic heterocycles. The highest BCUT2D eigenvalue weighted by Gasteiger charge is 2.45. The van der Waals surface area contributed by atoms with E-state index in [1.54, 1.807) is 56.3 Å². The summed E-state index contributed by atoms with van der Waals surface area (Å²) in [5, 5.41) is 0.621. The third kappa shape index (κ3) is 4.65. The number of fused-ring (bicyclic) bond motifs is 2. The second-order valence-electron chi connectivity index (χ2n) is 8.87. The van der Waals surface area contributed by atoms with Gasteiger partial charge in [-0.25, -0.2) is 9.78 Å². The number of thiazole rings is 1. The number of esters is 1. The molecule has 0 radical (unpaired) electrons. The molecule has 5 rings (SSSR count). The number of para-hydroxylation sites is 1. The van der Waals surface area contributed by atoms with E-state index in [4.69, 9.17) is 18.6 Å². The second-order valence-corrected chi connectivity index (χ2v) is 9.84. The highest BCUT2D eigenvalue weighted by Crippen LogP contribution is 2.45. The van der Waals surface area contributed by atoms with Crippen LogP contribution in [-0.2, 0) is 4.74 Å². The van der Waals surface area contributed by atoms with E-state index < -0.39 is 17.9 Å². The van der Waals surface area contributed by atoms with Crippen LogP contribution in [0.4, 0.5) is 5.13 Å². The fourth-order valence-electron chi connectivity index (χ4n) is 4.60. The maximum atomic E-state index is 13.9. The normalized spacial score (nSPS) is 14.5. The third-order valence-corrected chi connectivity index (χ3v) is 7.41. The molecule has 2 aromatic heterocycles. The Morgan fingerprint density at radius 2 is 1.85 bits per heavy atom. The van der Waals surface area contributed by atoms with Crippen LogP contribution in [0.2, 0.25) is 0 Å². The van der Waals surface area contributed by atoms with Crippen molar-refractivity contribution in [1.29, 1.82) is 0 Å². The summed E-state index contributed by atoms with van der Waals surface area (Å²) in [5.41, 5.74) is 1.25. The summed E-state index contributed by atoms with van der Waals surface area (Å²) in [5.74, 6) is -0.0314. The van der Waals surface area contributed by atoms with Crippen molar-refractivity contribution in [3.63, 3.8) is 0 Å². The van der Waals surface area contributed by atoms with Gasteiger partial charge in [0.05, 0.1) is 42.5 Å². The molecular formula is C29H28N2O7S. The van der Waals surface area contributed by atoms with Gasteiger partial charge >= 0.3 is 5.97 Å². The number of anilines is 1. The van der Waals surface area contributed by atoms with Crippen molar-refractivity contribution in [3.8, 4) is 11.5 Å². The molecule has 0 N–H and O–H groups in total. The molecule has 1 atom stereocenters. The Balaban J connectivity index is 1.72. The van der Waals surface area contributed by atoms with Crippen LogP contribution in [0.1, 0.15) is 70.3 Å². The van der Waals surface area contributed by atoms with E-state index in [-0.39, 0.29) is 33.4 Å². The number of nitrogens with zero attached hydrogens (tertiary/aromatic N) is 2. The number of carbonyl (C=O) groups is 2.